The molecule has 0 aromatic heterocycles. The van der Waals surface area contributed by atoms with Crippen LogP contribution < -0.4 is 5.32 Å². The second-order valence-corrected chi connectivity index (χ2v) is 8.21. The van der Waals surface area contributed by atoms with Crippen LogP contribution in [0.15, 0.2) is 0 Å². The molecule has 0 radical (unpaired) electrons. The number of nitrogens with one attached hydrogen (secondary N) is 1. The van der Waals surface area contributed by atoms with E-state index in [1.54, 1.807) is 0 Å². The van der Waals surface area contributed by atoms with Crippen molar-refractivity contribution in [1.29, 1.82) is 0 Å². The molecule has 124 valence electrons. The van der Waals surface area contributed by atoms with Gasteiger partial charge < -0.3 is 10.2 Å². The van der Waals surface area contributed by atoms with Gasteiger partial charge in [-0.15, -0.1) is 0 Å². The Balaban J connectivity index is 1.97. The molecule has 0 aliphatic heterocycles. The van der Waals surface area contributed by atoms with Crippen LogP contribution in [0, 0.1) is 11.3 Å². The molecule has 0 amide bonds. The van der Waals surface area contributed by atoms with Crippen LogP contribution in [0.5, 0.6) is 0 Å². The number of hydrogen-bond donors (Lipinski definition) is 1. The van der Waals surface area contributed by atoms with Crippen molar-refractivity contribution >= 4 is 0 Å². The lowest BCUT2D eigenvalue weighted by atomic mass is 9.69. The third-order valence-electron chi connectivity index (χ3n) is 5.95. The van der Waals surface area contributed by atoms with Gasteiger partial charge in [-0.1, -0.05) is 47.0 Å². The summed E-state index contributed by atoms with van der Waals surface area (Å²) in [5, 5.41) is 3.78. The van der Waals surface area contributed by atoms with E-state index in [1.165, 1.54) is 64.5 Å². The number of hydrogen-bond acceptors (Lipinski definition) is 2. The molecular formula is C19H38N2. The minimum Gasteiger partial charge on any atom is -0.314 e. The van der Waals surface area contributed by atoms with E-state index < -0.39 is 0 Å². The maximum absolute atomic E-state index is 3.78. The van der Waals surface area contributed by atoms with Gasteiger partial charge in [0.2, 0.25) is 0 Å². The van der Waals surface area contributed by atoms with Crippen LogP contribution >= 0.6 is 0 Å². The van der Waals surface area contributed by atoms with E-state index in [0.717, 1.165) is 24.5 Å². The SMILES string of the molecule is CCNC1CCC(C)(C)CC1CN(CC)C1CCCCC1. The molecule has 0 spiro atoms. The molecule has 2 rings (SSSR count). The van der Waals surface area contributed by atoms with Crippen molar-refractivity contribution in [3.05, 3.63) is 0 Å². The highest BCUT2D eigenvalue weighted by atomic mass is 15.2. The van der Waals surface area contributed by atoms with Gasteiger partial charge in [0.05, 0.1) is 0 Å². The molecule has 0 heterocycles. The third-order valence-corrected chi connectivity index (χ3v) is 5.95. The molecule has 2 unspecified atom stereocenters. The molecule has 2 atom stereocenters. The molecule has 21 heavy (non-hydrogen) atoms. The van der Waals surface area contributed by atoms with Crippen molar-refractivity contribution < 1.29 is 0 Å². The Bertz CT molecular complexity index is 294. The predicted octanol–water partition coefficient (Wildman–Crippen LogP) is 4.45. The Hall–Kier alpha value is -0.0800. The Morgan fingerprint density at radius 1 is 1.05 bits per heavy atom. The maximum Gasteiger partial charge on any atom is 0.0108 e. The van der Waals surface area contributed by atoms with E-state index in [0.29, 0.717) is 5.41 Å². The molecular weight excluding hydrogens is 256 g/mol. The monoisotopic (exact) mass is 294 g/mol. The molecule has 2 heteroatoms. The molecule has 0 bridgehead atoms. The lowest BCUT2D eigenvalue weighted by Crippen LogP contribution is -2.49. The zero-order valence-corrected chi connectivity index (χ0v) is 15.0. The summed E-state index contributed by atoms with van der Waals surface area (Å²) in [7, 11) is 0. The summed E-state index contributed by atoms with van der Waals surface area (Å²) >= 11 is 0. The van der Waals surface area contributed by atoms with Gasteiger partial charge in [-0.3, -0.25) is 0 Å². The maximum atomic E-state index is 3.78. The summed E-state index contributed by atoms with van der Waals surface area (Å²) in [6.45, 7) is 13.2. The third kappa shape index (κ3) is 4.96. The van der Waals surface area contributed by atoms with Crippen LogP contribution in [-0.2, 0) is 0 Å². The van der Waals surface area contributed by atoms with Crippen LogP contribution in [-0.4, -0.2) is 36.6 Å². The summed E-state index contributed by atoms with van der Waals surface area (Å²) in [5.74, 6) is 0.843. The second-order valence-electron chi connectivity index (χ2n) is 8.21. The fourth-order valence-corrected chi connectivity index (χ4v) is 4.74. The van der Waals surface area contributed by atoms with E-state index in [1.807, 2.05) is 0 Å². The van der Waals surface area contributed by atoms with Crippen molar-refractivity contribution in [2.24, 2.45) is 11.3 Å². The molecule has 0 aromatic carbocycles. The fourth-order valence-electron chi connectivity index (χ4n) is 4.74. The Morgan fingerprint density at radius 3 is 2.38 bits per heavy atom. The summed E-state index contributed by atoms with van der Waals surface area (Å²) in [6.07, 6.45) is 11.4. The zero-order chi connectivity index (χ0) is 15.3. The molecule has 1 N–H and O–H groups in total. The van der Waals surface area contributed by atoms with Gasteiger partial charge in [0, 0.05) is 18.6 Å². The first-order chi connectivity index (χ1) is 10.1. The summed E-state index contributed by atoms with van der Waals surface area (Å²) in [4.78, 5) is 2.82. The molecule has 2 fully saturated rings. The first-order valence-corrected chi connectivity index (χ1v) is 9.53. The average molecular weight is 295 g/mol. The van der Waals surface area contributed by atoms with Gasteiger partial charge in [0.25, 0.3) is 0 Å². The van der Waals surface area contributed by atoms with E-state index in [2.05, 4.69) is 37.9 Å². The second kappa shape index (κ2) is 7.97. The van der Waals surface area contributed by atoms with E-state index in [-0.39, 0.29) is 0 Å². The van der Waals surface area contributed by atoms with Crippen molar-refractivity contribution in [1.82, 2.24) is 10.2 Å². The van der Waals surface area contributed by atoms with E-state index in [4.69, 9.17) is 0 Å². The molecule has 0 aromatic rings. The van der Waals surface area contributed by atoms with Crippen LogP contribution in [0.25, 0.3) is 0 Å². The summed E-state index contributed by atoms with van der Waals surface area (Å²) in [5.41, 5.74) is 0.544. The highest BCUT2D eigenvalue weighted by molar-refractivity contribution is 4.91. The minimum absolute atomic E-state index is 0.544. The van der Waals surface area contributed by atoms with Crippen LogP contribution in [0.3, 0.4) is 0 Å². The lowest BCUT2D eigenvalue weighted by Gasteiger charge is -2.45. The highest BCUT2D eigenvalue weighted by Crippen LogP contribution is 2.39. The molecule has 2 nitrogen and oxygen atoms in total. The Kier molecular flexibility index (Phi) is 6.55. The quantitative estimate of drug-likeness (QED) is 0.779. The summed E-state index contributed by atoms with van der Waals surface area (Å²) < 4.78 is 0. The van der Waals surface area contributed by atoms with Crippen molar-refractivity contribution in [3.63, 3.8) is 0 Å². The Labute approximate surface area is 133 Å². The highest BCUT2D eigenvalue weighted by Gasteiger charge is 2.36. The standard InChI is InChI=1S/C19H38N2/c1-5-20-18-12-13-19(3,4)14-16(18)15-21(6-2)17-10-8-7-9-11-17/h16-18,20H,5-15H2,1-4H3. The first kappa shape index (κ1) is 17.3. The summed E-state index contributed by atoms with van der Waals surface area (Å²) in [6, 6.07) is 1.62. The van der Waals surface area contributed by atoms with Gasteiger partial charge >= 0.3 is 0 Å². The normalized spacial score (nSPS) is 30.7. The number of nitrogens with zero attached hydrogens (tertiary/aromatic N) is 1. The molecule has 0 saturated heterocycles. The molecule has 2 aliphatic carbocycles. The number of rotatable bonds is 6. The minimum atomic E-state index is 0.544. The predicted molar refractivity (Wildman–Crippen MR) is 92.7 cm³/mol. The zero-order valence-electron chi connectivity index (χ0n) is 15.0. The van der Waals surface area contributed by atoms with Crippen LogP contribution in [0.1, 0.15) is 79.1 Å². The first-order valence-electron chi connectivity index (χ1n) is 9.53. The van der Waals surface area contributed by atoms with Gasteiger partial charge in [0.15, 0.2) is 0 Å². The topological polar surface area (TPSA) is 15.3 Å². The Morgan fingerprint density at radius 2 is 1.76 bits per heavy atom. The lowest BCUT2D eigenvalue weighted by molar-refractivity contribution is 0.0736. The largest absolute Gasteiger partial charge is 0.314 e. The molecule has 2 aliphatic rings. The van der Waals surface area contributed by atoms with Crippen molar-refractivity contribution in [2.75, 3.05) is 19.6 Å². The smallest absolute Gasteiger partial charge is 0.0108 e. The van der Waals surface area contributed by atoms with Gasteiger partial charge in [-0.2, -0.15) is 0 Å². The molecule has 2 saturated carbocycles. The van der Waals surface area contributed by atoms with Crippen molar-refractivity contribution in [2.45, 2.75) is 91.1 Å². The van der Waals surface area contributed by atoms with Gasteiger partial charge in [0.1, 0.15) is 0 Å². The van der Waals surface area contributed by atoms with E-state index >= 15 is 0 Å². The van der Waals surface area contributed by atoms with Gasteiger partial charge in [-0.05, 0) is 56.5 Å². The van der Waals surface area contributed by atoms with Crippen LogP contribution in [0.2, 0.25) is 0 Å². The van der Waals surface area contributed by atoms with Crippen LogP contribution in [0.4, 0.5) is 0 Å². The average Bonchev–Trinajstić information content (AvgIpc) is 2.48. The van der Waals surface area contributed by atoms with Gasteiger partial charge in [-0.25, -0.2) is 0 Å². The van der Waals surface area contributed by atoms with E-state index in [9.17, 15) is 0 Å². The van der Waals surface area contributed by atoms with Crippen molar-refractivity contribution in [3.8, 4) is 0 Å². The fraction of sp³-hybridized carbons (Fsp3) is 1.00.